The van der Waals surface area contributed by atoms with Gasteiger partial charge in [0, 0.05) is 11.4 Å². The molecule has 0 aliphatic heterocycles. The lowest BCUT2D eigenvalue weighted by Gasteiger charge is -2.02. The van der Waals surface area contributed by atoms with Crippen LogP contribution in [0.2, 0.25) is 0 Å². The molecule has 0 spiro atoms. The van der Waals surface area contributed by atoms with Crippen LogP contribution >= 0.6 is 0 Å². The van der Waals surface area contributed by atoms with Gasteiger partial charge in [0.15, 0.2) is 0 Å². The fourth-order valence-electron chi connectivity index (χ4n) is 1.46. The van der Waals surface area contributed by atoms with Gasteiger partial charge in [-0.15, -0.1) is 9.98 Å². The fraction of sp³-hybridized carbons (Fsp3) is 0. The molecule has 8 nitrogen and oxygen atoms in total. The highest BCUT2D eigenvalue weighted by molar-refractivity contribution is 5.79. The number of hydrogen-bond donors (Lipinski definition) is 4. The summed E-state index contributed by atoms with van der Waals surface area (Å²) in [4.78, 5) is 24.0. The summed E-state index contributed by atoms with van der Waals surface area (Å²) in [7, 11) is 0. The number of rotatable bonds is 1. The Kier molecular flexibility index (Phi) is 6.51. The average molecular weight is 314 g/mol. The van der Waals surface area contributed by atoms with E-state index in [1.54, 1.807) is 0 Å². The molecule has 0 atom stereocenters. The fourth-order valence-corrected chi connectivity index (χ4v) is 1.46. The van der Waals surface area contributed by atoms with Gasteiger partial charge in [-0.3, -0.25) is 0 Å². The van der Waals surface area contributed by atoms with Gasteiger partial charge in [-0.1, -0.05) is 24.3 Å². The summed E-state index contributed by atoms with van der Waals surface area (Å²) >= 11 is 0. The zero-order valence-corrected chi connectivity index (χ0v) is 11.9. The minimum absolute atomic E-state index is 0.782. The number of amides is 2. The summed E-state index contributed by atoms with van der Waals surface area (Å²) in [5.74, 6) is 0. The van der Waals surface area contributed by atoms with Crippen LogP contribution in [0.5, 0.6) is 0 Å². The smallest absolute Gasteiger partial charge is 0.440 e. The molecular formula is C15H14N4O4. The van der Waals surface area contributed by atoms with Gasteiger partial charge in [-0.2, -0.15) is 0 Å². The molecule has 118 valence electrons. The number of nitrogens with two attached hydrogens (primary N) is 2. The quantitative estimate of drug-likeness (QED) is 0.469. The lowest BCUT2D eigenvalue weighted by atomic mass is 10.1. The van der Waals surface area contributed by atoms with Gasteiger partial charge >= 0.3 is 12.2 Å². The van der Waals surface area contributed by atoms with Crippen molar-refractivity contribution in [1.82, 2.24) is 0 Å². The highest BCUT2D eigenvalue weighted by Crippen LogP contribution is 2.21. The lowest BCUT2D eigenvalue weighted by Crippen LogP contribution is -1.85. The van der Waals surface area contributed by atoms with Gasteiger partial charge in [0.1, 0.15) is 6.01 Å². The van der Waals surface area contributed by atoms with Crippen molar-refractivity contribution < 1.29 is 19.8 Å². The van der Waals surface area contributed by atoms with Crippen molar-refractivity contribution >= 4 is 29.6 Å². The summed E-state index contributed by atoms with van der Waals surface area (Å²) in [6.45, 7) is 0. The molecule has 0 saturated carbocycles. The van der Waals surface area contributed by atoms with Gasteiger partial charge in [0.2, 0.25) is 0 Å². The third-order valence-corrected chi connectivity index (χ3v) is 2.45. The summed E-state index contributed by atoms with van der Waals surface area (Å²) in [6, 6.07) is 17.0. The van der Waals surface area contributed by atoms with Crippen molar-refractivity contribution in [1.29, 1.82) is 0 Å². The van der Waals surface area contributed by atoms with E-state index in [9.17, 15) is 9.59 Å². The first-order valence-corrected chi connectivity index (χ1v) is 6.22. The standard InChI is InChI=1S/C12H12N2.C3H2N2O4/c13-11-5-1-9(2-6-11)10-3-7-12(14)8-4-10;6-2(7)4-1-5-3(8)9/h1-8H,13-14H2;(H,6,7)(H,8,9). The highest BCUT2D eigenvalue weighted by Gasteiger charge is 1.95. The molecule has 23 heavy (non-hydrogen) atoms. The first kappa shape index (κ1) is 17.4. The molecule has 8 heteroatoms. The van der Waals surface area contributed by atoms with E-state index in [2.05, 4.69) is 9.98 Å². The molecule has 0 bridgehead atoms. The Balaban J connectivity index is 0.000000257. The number of hydrogen-bond acceptors (Lipinski definition) is 4. The molecule has 0 aliphatic carbocycles. The third-order valence-electron chi connectivity index (χ3n) is 2.45. The van der Waals surface area contributed by atoms with Crippen LogP contribution in [0.3, 0.4) is 0 Å². The second-order valence-electron chi connectivity index (χ2n) is 4.13. The van der Waals surface area contributed by atoms with Crippen molar-refractivity contribution in [2.45, 2.75) is 0 Å². The minimum Gasteiger partial charge on any atom is -0.463 e. The Morgan fingerprint density at radius 1 is 0.739 bits per heavy atom. The van der Waals surface area contributed by atoms with Gasteiger partial charge in [0.25, 0.3) is 0 Å². The van der Waals surface area contributed by atoms with E-state index in [0.717, 1.165) is 22.5 Å². The van der Waals surface area contributed by atoms with E-state index in [1.807, 2.05) is 48.5 Å². The first-order valence-electron chi connectivity index (χ1n) is 6.22. The van der Waals surface area contributed by atoms with Crippen molar-refractivity contribution in [2.24, 2.45) is 9.98 Å². The number of benzene rings is 2. The van der Waals surface area contributed by atoms with E-state index in [-0.39, 0.29) is 0 Å². The first-order chi connectivity index (χ1) is 10.9. The van der Waals surface area contributed by atoms with Crippen LogP contribution in [0.25, 0.3) is 11.1 Å². The monoisotopic (exact) mass is 314 g/mol. The number of nitrogens with zero attached hydrogens (tertiary/aromatic N) is 2. The van der Waals surface area contributed by atoms with Crippen LogP contribution in [0.15, 0.2) is 58.5 Å². The molecule has 2 rings (SSSR count). The Morgan fingerprint density at radius 2 is 1.04 bits per heavy atom. The van der Waals surface area contributed by atoms with Crippen LogP contribution in [0.4, 0.5) is 21.0 Å². The molecule has 0 radical (unpaired) electrons. The third kappa shape index (κ3) is 7.07. The largest absolute Gasteiger partial charge is 0.463 e. The Morgan fingerprint density at radius 3 is 1.30 bits per heavy atom. The molecule has 0 aromatic heterocycles. The van der Waals surface area contributed by atoms with Gasteiger partial charge in [-0.25, -0.2) is 9.59 Å². The summed E-state index contributed by atoms with van der Waals surface area (Å²) in [5, 5.41) is 15.5. The molecule has 0 aliphatic rings. The number of nitrogen functional groups attached to an aromatic ring is 2. The minimum atomic E-state index is -1.53. The topological polar surface area (TPSA) is 151 Å². The van der Waals surface area contributed by atoms with E-state index in [4.69, 9.17) is 21.7 Å². The molecule has 6 N–H and O–H groups in total. The zero-order chi connectivity index (χ0) is 17.2. The molecule has 0 fully saturated rings. The number of carboxylic acid groups (broad SMARTS) is 2. The summed E-state index contributed by atoms with van der Waals surface area (Å²) in [5.41, 5.74) is 15.1. The van der Waals surface area contributed by atoms with Crippen molar-refractivity contribution in [2.75, 3.05) is 11.5 Å². The summed E-state index contributed by atoms with van der Waals surface area (Å²) < 4.78 is 0. The lowest BCUT2D eigenvalue weighted by molar-refractivity contribution is 0.206. The number of anilines is 2. The van der Waals surface area contributed by atoms with E-state index in [0.29, 0.717) is 0 Å². The predicted octanol–water partition coefficient (Wildman–Crippen LogP) is 3.03. The maximum atomic E-state index is 9.50. The van der Waals surface area contributed by atoms with Gasteiger partial charge < -0.3 is 21.7 Å². The van der Waals surface area contributed by atoms with E-state index < -0.39 is 12.2 Å². The number of aliphatic imine (C=N–C) groups is 2. The SMILES string of the molecule is Nc1ccc(-c2ccc(N)cc2)cc1.O=C(O)N=C=NC(=O)O. The normalized spacial score (nSPS) is 8.87. The predicted molar refractivity (Wildman–Crippen MR) is 86.6 cm³/mol. The van der Waals surface area contributed by atoms with Crippen LogP contribution in [0.1, 0.15) is 0 Å². The Labute approximate surface area is 131 Å². The molecule has 0 heterocycles. The van der Waals surface area contributed by atoms with Crippen molar-refractivity contribution in [3.05, 3.63) is 48.5 Å². The van der Waals surface area contributed by atoms with Crippen LogP contribution in [-0.4, -0.2) is 28.4 Å². The average Bonchev–Trinajstić information content (AvgIpc) is 2.49. The van der Waals surface area contributed by atoms with Crippen LogP contribution in [0, 0.1) is 0 Å². The van der Waals surface area contributed by atoms with Gasteiger partial charge in [0.05, 0.1) is 0 Å². The van der Waals surface area contributed by atoms with E-state index in [1.165, 1.54) is 6.01 Å². The van der Waals surface area contributed by atoms with E-state index >= 15 is 0 Å². The van der Waals surface area contributed by atoms with Crippen molar-refractivity contribution in [3.63, 3.8) is 0 Å². The Bertz CT molecular complexity index is 672. The number of carbonyl (C=O) groups is 2. The maximum Gasteiger partial charge on any atom is 0.440 e. The molecule has 0 saturated heterocycles. The second kappa shape index (κ2) is 8.60. The summed E-state index contributed by atoms with van der Waals surface area (Å²) in [6.07, 6.45) is -3.06. The second-order valence-corrected chi connectivity index (χ2v) is 4.13. The zero-order valence-electron chi connectivity index (χ0n) is 11.9. The molecule has 2 aromatic rings. The Hall–Kier alpha value is -3.64. The maximum absolute atomic E-state index is 9.50. The molecular weight excluding hydrogens is 300 g/mol. The molecule has 2 aromatic carbocycles. The molecule has 2 amide bonds. The highest BCUT2D eigenvalue weighted by atomic mass is 16.4. The van der Waals surface area contributed by atoms with Crippen LogP contribution in [-0.2, 0) is 0 Å². The molecule has 0 unspecified atom stereocenters. The van der Waals surface area contributed by atoms with Crippen molar-refractivity contribution in [3.8, 4) is 11.1 Å². The van der Waals surface area contributed by atoms with Crippen LogP contribution < -0.4 is 11.5 Å². The van der Waals surface area contributed by atoms with Gasteiger partial charge in [-0.05, 0) is 35.4 Å².